The zero-order chi connectivity index (χ0) is 8.77. The zero-order valence-corrected chi connectivity index (χ0v) is 7.67. The SMILES string of the molecule is CC(C)N1CC2(COC2)CC1=O. The molecule has 68 valence electrons. The van der Waals surface area contributed by atoms with Gasteiger partial charge in [0, 0.05) is 24.4 Å². The Kier molecular flexibility index (Phi) is 1.65. The smallest absolute Gasteiger partial charge is 0.223 e. The lowest BCUT2D eigenvalue weighted by Crippen LogP contribution is -2.45. The van der Waals surface area contributed by atoms with Crippen LogP contribution in [0.2, 0.25) is 0 Å². The normalized spacial score (nSPS) is 26.9. The Balaban J connectivity index is 2.07. The van der Waals surface area contributed by atoms with Crippen molar-refractivity contribution in [3.63, 3.8) is 0 Å². The Bertz CT molecular complexity index is 209. The molecule has 0 bridgehead atoms. The van der Waals surface area contributed by atoms with Crippen LogP contribution < -0.4 is 0 Å². The summed E-state index contributed by atoms with van der Waals surface area (Å²) in [5.74, 6) is 0.299. The Hall–Kier alpha value is -0.570. The van der Waals surface area contributed by atoms with Gasteiger partial charge in [-0.1, -0.05) is 0 Å². The van der Waals surface area contributed by atoms with Gasteiger partial charge in [0.25, 0.3) is 0 Å². The van der Waals surface area contributed by atoms with E-state index in [1.165, 1.54) is 0 Å². The molecule has 1 amide bonds. The van der Waals surface area contributed by atoms with E-state index in [4.69, 9.17) is 4.74 Å². The summed E-state index contributed by atoms with van der Waals surface area (Å²) >= 11 is 0. The van der Waals surface area contributed by atoms with Crippen molar-refractivity contribution >= 4 is 5.91 Å². The minimum Gasteiger partial charge on any atom is -0.380 e. The number of hydrogen-bond acceptors (Lipinski definition) is 2. The first-order valence-electron chi connectivity index (χ1n) is 4.50. The Morgan fingerprint density at radius 3 is 2.42 bits per heavy atom. The van der Waals surface area contributed by atoms with Crippen LogP contribution >= 0.6 is 0 Å². The molecular formula is C9H15NO2. The summed E-state index contributed by atoms with van der Waals surface area (Å²) in [6.07, 6.45) is 0.700. The summed E-state index contributed by atoms with van der Waals surface area (Å²) < 4.78 is 5.16. The average Bonchev–Trinajstić information content (AvgIpc) is 2.26. The van der Waals surface area contributed by atoms with E-state index in [-0.39, 0.29) is 5.41 Å². The summed E-state index contributed by atoms with van der Waals surface area (Å²) in [4.78, 5) is 13.5. The quantitative estimate of drug-likeness (QED) is 0.576. The van der Waals surface area contributed by atoms with E-state index in [0.717, 1.165) is 19.8 Å². The lowest BCUT2D eigenvalue weighted by atomic mass is 9.85. The number of hydrogen-bond donors (Lipinski definition) is 0. The third-order valence-electron chi connectivity index (χ3n) is 2.79. The highest BCUT2D eigenvalue weighted by atomic mass is 16.5. The molecule has 0 saturated carbocycles. The van der Waals surface area contributed by atoms with E-state index >= 15 is 0 Å². The van der Waals surface area contributed by atoms with Crippen LogP contribution in [0.3, 0.4) is 0 Å². The molecule has 0 radical (unpaired) electrons. The van der Waals surface area contributed by atoms with Crippen LogP contribution in [-0.2, 0) is 9.53 Å². The largest absolute Gasteiger partial charge is 0.380 e. The van der Waals surface area contributed by atoms with E-state index in [9.17, 15) is 4.79 Å². The monoisotopic (exact) mass is 169 g/mol. The van der Waals surface area contributed by atoms with Crippen molar-refractivity contribution in [3.05, 3.63) is 0 Å². The van der Waals surface area contributed by atoms with Gasteiger partial charge in [-0.2, -0.15) is 0 Å². The van der Waals surface area contributed by atoms with Gasteiger partial charge in [0.15, 0.2) is 0 Å². The van der Waals surface area contributed by atoms with Gasteiger partial charge < -0.3 is 9.64 Å². The number of ether oxygens (including phenoxy) is 1. The van der Waals surface area contributed by atoms with Gasteiger partial charge in [0.1, 0.15) is 0 Å². The lowest BCUT2D eigenvalue weighted by molar-refractivity contribution is -0.130. The van der Waals surface area contributed by atoms with Gasteiger partial charge >= 0.3 is 0 Å². The molecular weight excluding hydrogens is 154 g/mol. The highest BCUT2D eigenvalue weighted by Crippen LogP contribution is 2.38. The average molecular weight is 169 g/mol. The summed E-state index contributed by atoms with van der Waals surface area (Å²) in [5, 5.41) is 0. The van der Waals surface area contributed by atoms with Crippen molar-refractivity contribution < 1.29 is 9.53 Å². The summed E-state index contributed by atoms with van der Waals surface area (Å²) in [6, 6.07) is 0.345. The number of carbonyl (C=O) groups excluding carboxylic acids is 1. The molecule has 3 heteroatoms. The Labute approximate surface area is 72.7 Å². The first kappa shape index (κ1) is 8.05. The minimum absolute atomic E-state index is 0.196. The molecule has 2 fully saturated rings. The van der Waals surface area contributed by atoms with E-state index in [1.54, 1.807) is 0 Å². The first-order valence-corrected chi connectivity index (χ1v) is 4.50. The predicted octanol–water partition coefficient (Wildman–Crippen LogP) is 0.644. The van der Waals surface area contributed by atoms with Crippen LogP contribution in [0.25, 0.3) is 0 Å². The van der Waals surface area contributed by atoms with E-state index < -0.39 is 0 Å². The number of nitrogens with zero attached hydrogens (tertiary/aromatic N) is 1. The molecule has 2 aliphatic rings. The molecule has 0 unspecified atom stereocenters. The molecule has 0 N–H and O–H groups in total. The first-order chi connectivity index (χ1) is 5.63. The maximum atomic E-state index is 11.5. The van der Waals surface area contributed by atoms with Crippen LogP contribution in [0, 0.1) is 5.41 Å². The van der Waals surface area contributed by atoms with E-state index in [2.05, 4.69) is 13.8 Å². The van der Waals surface area contributed by atoms with Crippen molar-refractivity contribution in [2.75, 3.05) is 19.8 Å². The van der Waals surface area contributed by atoms with Crippen molar-refractivity contribution in [2.45, 2.75) is 26.3 Å². The maximum absolute atomic E-state index is 11.5. The molecule has 0 aliphatic carbocycles. The van der Waals surface area contributed by atoms with Crippen molar-refractivity contribution in [2.24, 2.45) is 5.41 Å². The number of rotatable bonds is 1. The van der Waals surface area contributed by atoms with Gasteiger partial charge in [0.05, 0.1) is 13.2 Å². The number of carbonyl (C=O) groups is 1. The van der Waals surface area contributed by atoms with Crippen molar-refractivity contribution in [1.29, 1.82) is 0 Å². The van der Waals surface area contributed by atoms with Crippen LogP contribution in [0.1, 0.15) is 20.3 Å². The second-order valence-electron chi connectivity index (χ2n) is 4.28. The molecule has 0 atom stereocenters. The molecule has 0 aromatic heterocycles. The maximum Gasteiger partial charge on any atom is 0.223 e. The zero-order valence-electron chi connectivity index (χ0n) is 7.67. The second kappa shape index (κ2) is 2.46. The topological polar surface area (TPSA) is 29.5 Å². The van der Waals surface area contributed by atoms with Gasteiger partial charge in [-0.15, -0.1) is 0 Å². The van der Waals surface area contributed by atoms with Gasteiger partial charge in [-0.3, -0.25) is 4.79 Å². The third kappa shape index (κ3) is 1.04. The van der Waals surface area contributed by atoms with Gasteiger partial charge in [0.2, 0.25) is 5.91 Å². The van der Waals surface area contributed by atoms with Crippen molar-refractivity contribution in [1.82, 2.24) is 4.90 Å². The molecule has 2 aliphatic heterocycles. The van der Waals surface area contributed by atoms with Crippen LogP contribution in [0.5, 0.6) is 0 Å². The minimum atomic E-state index is 0.196. The highest BCUT2D eigenvalue weighted by Gasteiger charge is 2.48. The fourth-order valence-corrected chi connectivity index (χ4v) is 1.98. The number of likely N-dealkylation sites (tertiary alicyclic amines) is 1. The molecule has 2 heterocycles. The second-order valence-corrected chi connectivity index (χ2v) is 4.28. The summed E-state index contributed by atoms with van der Waals surface area (Å²) in [5.41, 5.74) is 0.196. The van der Waals surface area contributed by atoms with Crippen molar-refractivity contribution in [3.8, 4) is 0 Å². The Morgan fingerprint density at radius 2 is 2.17 bits per heavy atom. The fraction of sp³-hybridized carbons (Fsp3) is 0.889. The standard InChI is InChI=1S/C9H15NO2/c1-7(2)10-4-9(3-8(10)11)5-12-6-9/h7H,3-6H2,1-2H3. The number of amides is 1. The molecule has 2 saturated heterocycles. The molecule has 0 aromatic carbocycles. The summed E-state index contributed by atoms with van der Waals surface area (Å²) in [6.45, 7) is 6.60. The van der Waals surface area contributed by atoms with Crippen LogP contribution in [-0.4, -0.2) is 36.6 Å². The molecule has 2 rings (SSSR count). The predicted molar refractivity (Wildman–Crippen MR) is 44.7 cm³/mol. The van der Waals surface area contributed by atoms with Crippen LogP contribution in [0.15, 0.2) is 0 Å². The summed E-state index contributed by atoms with van der Waals surface area (Å²) in [7, 11) is 0. The van der Waals surface area contributed by atoms with E-state index in [0.29, 0.717) is 18.4 Å². The lowest BCUT2D eigenvalue weighted by Gasteiger charge is -2.37. The molecule has 0 aromatic rings. The molecule has 1 spiro atoms. The highest BCUT2D eigenvalue weighted by molar-refractivity contribution is 5.80. The molecule has 3 nitrogen and oxygen atoms in total. The van der Waals surface area contributed by atoms with Gasteiger partial charge in [-0.25, -0.2) is 0 Å². The van der Waals surface area contributed by atoms with Gasteiger partial charge in [-0.05, 0) is 13.8 Å². The van der Waals surface area contributed by atoms with Crippen LogP contribution in [0.4, 0.5) is 0 Å². The fourth-order valence-electron chi connectivity index (χ4n) is 1.98. The van der Waals surface area contributed by atoms with E-state index in [1.807, 2.05) is 4.90 Å². The third-order valence-corrected chi connectivity index (χ3v) is 2.79. The Morgan fingerprint density at radius 1 is 1.50 bits per heavy atom. The molecule has 12 heavy (non-hydrogen) atoms.